The molecule has 1 atom stereocenters. The van der Waals surface area contributed by atoms with E-state index in [4.69, 9.17) is 4.74 Å². The Morgan fingerprint density at radius 3 is 2.21 bits per heavy atom. The van der Waals surface area contributed by atoms with Crippen molar-refractivity contribution >= 4 is 23.6 Å². The third-order valence-electron chi connectivity index (χ3n) is 7.88. The molecule has 3 N–H and O–H groups in total. The molecule has 0 heterocycles. The number of hydrogen-bond acceptors (Lipinski definition) is 6. The van der Waals surface area contributed by atoms with Crippen molar-refractivity contribution in [1.82, 2.24) is 5.32 Å². The first kappa shape index (κ1) is 31.0. The number of benzene rings is 2. The molecule has 0 unspecified atom stereocenters. The molecule has 2 aromatic carbocycles. The van der Waals surface area contributed by atoms with Gasteiger partial charge >= 0.3 is 12.1 Å². The predicted octanol–water partition coefficient (Wildman–Crippen LogP) is 6.84. The smallest absolute Gasteiger partial charge is 0.407 e. The topological polar surface area (TPSA) is 125 Å². The lowest BCUT2D eigenvalue weighted by molar-refractivity contribution is -0.139. The maximum atomic E-state index is 12.8. The number of unbranched alkanes of at least 4 members (excludes halogenated alkanes) is 1. The SMILES string of the molecule is CC(C)CC(=NCCCC[C@@H](NC(=O)OCC1c2ccccc2-c2ccccc21)C(=O)O)C1=C(O)CC(C)(C)CC1=O. The zero-order valence-electron chi connectivity index (χ0n) is 25.0. The summed E-state index contributed by atoms with van der Waals surface area (Å²) in [6, 6.07) is 15.0. The third-order valence-corrected chi connectivity index (χ3v) is 7.88. The Balaban J connectivity index is 1.30. The summed E-state index contributed by atoms with van der Waals surface area (Å²) in [5.41, 5.74) is 5.10. The van der Waals surface area contributed by atoms with Crippen LogP contribution in [-0.2, 0) is 14.3 Å². The van der Waals surface area contributed by atoms with Gasteiger partial charge in [-0.1, -0.05) is 76.2 Å². The van der Waals surface area contributed by atoms with E-state index in [1.165, 1.54) is 0 Å². The number of aliphatic hydroxyl groups excluding tert-OH is 1. The average molecular weight is 575 g/mol. The number of nitrogens with one attached hydrogen (secondary N) is 1. The van der Waals surface area contributed by atoms with Crippen molar-refractivity contribution < 1.29 is 29.3 Å². The molecule has 0 bridgehead atoms. The molecule has 0 saturated heterocycles. The van der Waals surface area contributed by atoms with E-state index in [0.717, 1.165) is 22.3 Å². The summed E-state index contributed by atoms with van der Waals surface area (Å²) in [6.07, 6.45) is 1.92. The maximum absolute atomic E-state index is 12.8. The van der Waals surface area contributed by atoms with E-state index in [2.05, 4.69) is 22.4 Å². The van der Waals surface area contributed by atoms with Crippen molar-refractivity contribution in [3.8, 4) is 11.1 Å². The number of carbonyl (C=O) groups excluding carboxylic acids is 2. The van der Waals surface area contributed by atoms with E-state index < -0.39 is 18.1 Å². The molecular formula is C34H42N2O6. The number of Topliss-reactive ketones (excluding diaryl/α,β-unsaturated/α-hetero) is 1. The van der Waals surface area contributed by atoms with Gasteiger partial charge in [0.1, 0.15) is 18.4 Å². The van der Waals surface area contributed by atoms with Crippen LogP contribution in [0.3, 0.4) is 0 Å². The van der Waals surface area contributed by atoms with Gasteiger partial charge in [0, 0.05) is 31.0 Å². The number of aliphatic hydroxyl groups is 1. The number of ether oxygens (including phenoxy) is 1. The molecule has 8 heteroatoms. The Labute approximate surface area is 247 Å². The van der Waals surface area contributed by atoms with Gasteiger partial charge in [-0.2, -0.15) is 0 Å². The third kappa shape index (κ3) is 7.46. The van der Waals surface area contributed by atoms with Crippen LogP contribution in [0.5, 0.6) is 0 Å². The van der Waals surface area contributed by atoms with Crippen molar-refractivity contribution in [2.45, 2.75) is 78.2 Å². The molecule has 42 heavy (non-hydrogen) atoms. The van der Waals surface area contributed by atoms with Gasteiger partial charge in [-0.05, 0) is 59.3 Å². The Bertz CT molecular complexity index is 1340. The minimum absolute atomic E-state index is 0.0821. The Hall–Kier alpha value is -3.94. The minimum atomic E-state index is -1.13. The lowest BCUT2D eigenvalue weighted by Crippen LogP contribution is -2.41. The molecule has 0 aliphatic heterocycles. The summed E-state index contributed by atoms with van der Waals surface area (Å²) in [4.78, 5) is 42.0. The van der Waals surface area contributed by atoms with Crippen LogP contribution in [0.4, 0.5) is 4.79 Å². The number of fused-ring (bicyclic) bond motifs is 3. The first-order chi connectivity index (χ1) is 20.0. The summed E-state index contributed by atoms with van der Waals surface area (Å²) in [6.45, 7) is 8.51. The molecule has 0 saturated carbocycles. The largest absolute Gasteiger partial charge is 0.511 e. The summed E-state index contributed by atoms with van der Waals surface area (Å²) in [7, 11) is 0. The van der Waals surface area contributed by atoms with Gasteiger partial charge in [-0.25, -0.2) is 9.59 Å². The summed E-state index contributed by atoms with van der Waals surface area (Å²) in [5.74, 6) is -0.959. The Kier molecular flexibility index (Phi) is 9.86. The average Bonchev–Trinajstić information content (AvgIpc) is 3.23. The Morgan fingerprint density at radius 1 is 1.02 bits per heavy atom. The number of amides is 1. The van der Waals surface area contributed by atoms with Crippen LogP contribution < -0.4 is 5.32 Å². The predicted molar refractivity (Wildman–Crippen MR) is 163 cm³/mol. The van der Waals surface area contributed by atoms with E-state index in [9.17, 15) is 24.6 Å². The number of carboxylic acids is 1. The lowest BCUT2D eigenvalue weighted by Gasteiger charge is -2.30. The first-order valence-corrected chi connectivity index (χ1v) is 14.8. The number of aliphatic carboxylic acids is 1. The van der Waals surface area contributed by atoms with Crippen LogP contribution in [0.25, 0.3) is 11.1 Å². The lowest BCUT2D eigenvalue weighted by atomic mass is 9.75. The molecule has 1 amide bonds. The number of aliphatic imine (C=N–C) groups is 1. The molecule has 8 nitrogen and oxygen atoms in total. The molecular weight excluding hydrogens is 532 g/mol. The number of hydrogen-bond donors (Lipinski definition) is 3. The summed E-state index contributed by atoms with van der Waals surface area (Å²) in [5, 5.41) is 22.9. The van der Waals surface area contributed by atoms with Crippen molar-refractivity contribution in [1.29, 1.82) is 0 Å². The molecule has 4 rings (SSSR count). The number of allylic oxidation sites excluding steroid dienone is 2. The second-order valence-electron chi connectivity index (χ2n) is 12.5. The van der Waals surface area contributed by atoms with E-state index in [-0.39, 0.29) is 41.8 Å². The van der Waals surface area contributed by atoms with Crippen LogP contribution in [0, 0.1) is 11.3 Å². The highest BCUT2D eigenvalue weighted by Gasteiger charge is 2.35. The molecule has 0 spiro atoms. The van der Waals surface area contributed by atoms with E-state index in [1.807, 2.05) is 64.1 Å². The fourth-order valence-corrected chi connectivity index (χ4v) is 5.96. The van der Waals surface area contributed by atoms with Crippen LogP contribution in [0.2, 0.25) is 0 Å². The highest BCUT2D eigenvalue weighted by Crippen LogP contribution is 2.44. The fraction of sp³-hybridized carbons (Fsp3) is 0.471. The molecule has 224 valence electrons. The molecule has 0 radical (unpaired) electrons. The van der Waals surface area contributed by atoms with Crippen LogP contribution in [0.15, 0.2) is 64.9 Å². The first-order valence-electron chi connectivity index (χ1n) is 14.8. The van der Waals surface area contributed by atoms with Crippen LogP contribution >= 0.6 is 0 Å². The number of carboxylic acid groups (broad SMARTS) is 1. The number of nitrogens with zero attached hydrogens (tertiary/aromatic N) is 1. The Morgan fingerprint density at radius 2 is 1.64 bits per heavy atom. The fourth-order valence-electron chi connectivity index (χ4n) is 5.96. The van der Waals surface area contributed by atoms with E-state index in [0.29, 0.717) is 49.9 Å². The highest BCUT2D eigenvalue weighted by atomic mass is 16.5. The van der Waals surface area contributed by atoms with Crippen molar-refractivity contribution in [2.75, 3.05) is 13.2 Å². The maximum Gasteiger partial charge on any atom is 0.407 e. The second-order valence-corrected chi connectivity index (χ2v) is 12.5. The molecule has 2 aromatic rings. The number of alkyl carbamates (subject to hydrolysis) is 1. The number of ketones is 1. The van der Waals surface area contributed by atoms with Gasteiger partial charge in [0.2, 0.25) is 0 Å². The van der Waals surface area contributed by atoms with Crippen molar-refractivity contribution in [2.24, 2.45) is 16.3 Å². The molecule has 0 fully saturated rings. The second kappa shape index (κ2) is 13.4. The van der Waals surface area contributed by atoms with Gasteiger partial charge in [-0.15, -0.1) is 0 Å². The van der Waals surface area contributed by atoms with Gasteiger partial charge in [-0.3, -0.25) is 9.79 Å². The monoisotopic (exact) mass is 574 g/mol. The van der Waals surface area contributed by atoms with Crippen LogP contribution in [0.1, 0.15) is 83.3 Å². The highest BCUT2D eigenvalue weighted by molar-refractivity contribution is 6.23. The van der Waals surface area contributed by atoms with Crippen molar-refractivity contribution in [3.05, 3.63) is 71.0 Å². The van der Waals surface area contributed by atoms with E-state index in [1.54, 1.807) is 0 Å². The normalized spacial score (nSPS) is 17.2. The van der Waals surface area contributed by atoms with E-state index >= 15 is 0 Å². The number of rotatable bonds is 12. The molecule has 0 aromatic heterocycles. The van der Waals surface area contributed by atoms with Gasteiger partial charge in [0.15, 0.2) is 5.78 Å². The zero-order valence-corrected chi connectivity index (χ0v) is 25.0. The zero-order chi connectivity index (χ0) is 30.4. The quantitative estimate of drug-likeness (QED) is 0.188. The molecule has 2 aliphatic rings. The summed E-state index contributed by atoms with van der Waals surface area (Å²) >= 11 is 0. The number of carbonyl (C=O) groups is 3. The standard InChI is InChI=1S/C34H42N2O6/c1-21(2)17-28(31-29(37)18-34(3,4)19-30(31)38)35-16-10-9-15-27(32(39)40)36-33(41)42-20-26-24-13-7-5-11-22(24)23-12-6-8-14-25(23)26/h5-8,11-14,21,26-27,37H,9-10,15-20H2,1-4H3,(H,36,41)(H,39,40)/t27-/m1/s1. The van der Waals surface area contributed by atoms with Gasteiger partial charge in [0.25, 0.3) is 0 Å². The molecule has 2 aliphatic carbocycles. The van der Waals surface area contributed by atoms with Crippen molar-refractivity contribution in [3.63, 3.8) is 0 Å². The van der Waals surface area contributed by atoms with Crippen LogP contribution in [-0.4, -0.2) is 53.0 Å². The van der Waals surface area contributed by atoms with Gasteiger partial charge < -0.3 is 20.3 Å². The van der Waals surface area contributed by atoms with Gasteiger partial charge in [0.05, 0.1) is 5.57 Å². The minimum Gasteiger partial charge on any atom is -0.511 e. The summed E-state index contributed by atoms with van der Waals surface area (Å²) < 4.78 is 5.52.